The third-order valence-electron chi connectivity index (χ3n) is 3.85. The Balaban J connectivity index is 2.19. The zero-order valence-electron chi connectivity index (χ0n) is 15.2. The number of halogens is 2. The number of phenols is 1. The van der Waals surface area contributed by atoms with Gasteiger partial charge >= 0.3 is 6.09 Å². The first-order valence-corrected chi connectivity index (χ1v) is 9.10. The zero-order valence-corrected chi connectivity index (χ0v) is 16.7. The topological polar surface area (TPSA) is 111 Å². The highest BCUT2D eigenvalue weighted by atomic mass is 35.5. The molecule has 0 unspecified atom stereocenters. The van der Waals surface area contributed by atoms with Crippen LogP contribution in [0.2, 0.25) is 10.0 Å². The normalized spacial score (nSPS) is 16.0. The lowest BCUT2D eigenvalue weighted by molar-refractivity contribution is -0.123. The number of hydrogen-bond acceptors (Lipinski definition) is 5. The van der Waals surface area contributed by atoms with Crippen molar-refractivity contribution in [2.24, 2.45) is 0 Å². The van der Waals surface area contributed by atoms with Gasteiger partial charge in [-0.25, -0.2) is 4.79 Å². The number of hydrogen-bond donors (Lipinski definition) is 3. The summed E-state index contributed by atoms with van der Waals surface area (Å²) < 4.78 is 5.21. The molecule has 0 saturated heterocycles. The predicted molar refractivity (Wildman–Crippen MR) is 101 cm³/mol. The number of ether oxygens (including phenoxy) is 1. The van der Waals surface area contributed by atoms with E-state index in [0.29, 0.717) is 18.4 Å². The highest BCUT2D eigenvalue weighted by molar-refractivity contribution is 6.37. The standard InChI is InChI=1S/C18H21Cl2N3O4/c1-17(2,3)27-16(26)22-13(15(25)23-18(9-21)4-5-18)8-10-6-11(19)14(24)12(20)7-10/h6-7,13,24H,4-5,8H2,1-3H3,(H,22,26)(H,23,25)/t13-/m0/s1. The monoisotopic (exact) mass is 413 g/mol. The smallest absolute Gasteiger partial charge is 0.408 e. The second-order valence-corrected chi connectivity index (χ2v) is 8.31. The Labute approximate surface area is 167 Å². The molecule has 1 aliphatic carbocycles. The van der Waals surface area contributed by atoms with E-state index in [9.17, 15) is 20.0 Å². The summed E-state index contributed by atoms with van der Waals surface area (Å²) in [5.74, 6) is -0.773. The number of phenolic OH excluding ortho intramolecular Hbond substituents is 1. The van der Waals surface area contributed by atoms with E-state index in [1.54, 1.807) is 20.8 Å². The molecule has 0 aliphatic heterocycles. The maximum absolute atomic E-state index is 12.7. The first-order chi connectivity index (χ1) is 12.4. The van der Waals surface area contributed by atoms with E-state index in [-0.39, 0.29) is 22.2 Å². The molecule has 9 heteroatoms. The molecule has 0 radical (unpaired) electrons. The molecule has 3 N–H and O–H groups in total. The van der Waals surface area contributed by atoms with Gasteiger partial charge in [-0.15, -0.1) is 0 Å². The van der Waals surface area contributed by atoms with E-state index in [4.69, 9.17) is 27.9 Å². The van der Waals surface area contributed by atoms with Gasteiger partial charge < -0.3 is 20.5 Å². The van der Waals surface area contributed by atoms with E-state index in [1.807, 2.05) is 0 Å². The van der Waals surface area contributed by atoms with E-state index in [2.05, 4.69) is 16.7 Å². The largest absolute Gasteiger partial charge is 0.505 e. The van der Waals surface area contributed by atoms with Gasteiger partial charge in [0.25, 0.3) is 0 Å². The number of rotatable bonds is 5. The van der Waals surface area contributed by atoms with Crippen LogP contribution in [0.1, 0.15) is 39.2 Å². The van der Waals surface area contributed by atoms with Crippen molar-refractivity contribution < 1.29 is 19.4 Å². The molecule has 146 valence electrons. The van der Waals surface area contributed by atoms with E-state index < -0.39 is 29.2 Å². The van der Waals surface area contributed by atoms with Crippen LogP contribution in [0.15, 0.2) is 12.1 Å². The molecule has 7 nitrogen and oxygen atoms in total. The second-order valence-electron chi connectivity index (χ2n) is 7.49. The lowest BCUT2D eigenvalue weighted by Gasteiger charge is -2.24. The fraction of sp³-hybridized carbons (Fsp3) is 0.500. The molecule has 0 spiro atoms. The van der Waals surface area contributed by atoms with Crippen LogP contribution in [0, 0.1) is 11.3 Å². The van der Waals surface area contributed by atoms with Crippen LogP contribution in [0.25, 0.3) is 0 Å². The van der Waals surface area contributed by atoms with Gasteiger partial charge in [-0.3, -0.25) is 4.79 Å². The molecule has 0 aromatic heterocycles. The minimum atomic E-state index is -1.01. The fourth-order valence-corrected chi connectivity index (χ4v) is 2.88. The fourth-order valence-electron chi connectivity index (χ4n) is 2.34. The molecule has 1 saturated carbocycles. The molecular formula is C18H21Cl2N3O4. The summed E-state index contributed by atoms with van der Waals surface area (Å²) in [6, 6.07) is 3.97. The average molecular weight is 414 g/mol. The van der Waals surface area contributed by atoms with Crippen LogP contribution in [-0.4, -0.2) is 34.3 Å². The lowest BCUT2D eigenvalue weighted by Crippen LogP contribution is -2.52. The average Bonchev–Trinajstić information content (AvgIpc) is 3.30. The zero-order chi connectivity index (χ0) is 20.4. The first kappa shape index (κ1) is 21.1. The maximum Gasteiger partial charge on any atom is 0.408 e. The van der Waals surface area contributed by atoms with Crippen molar-refractivity contribution in [1.82, 2.24) is 10.6 Å². The number of carbonyl (C=O) groups is 2. The second kappa shape index (κ2) is 7.83. The Bertz CT molecular complexity index is 772. The molecule has 2 rings (SSSR count). The summed E-state index contributed by atoms with van der Waals surface area (Å²) in [5.41, 5.74) is -1.09. The van der Waals surface area contributed by atoms with Gasteiger partial charge in [0.05, 0.1) is 16.1 Å². The maximum atomic E-state index is 12.7. The Morgan fingerprint density at radius 1 is 1.33 bits per heavy atom. The number of nitriles is 1. The number of carbonyl (C=O) groups excluding carboxylic acids is 2. The summed E-state index contributed by atoms with van der Waals surface area (Å²) in [7, 11) is 0. The van der Waals surface area contributed by atoms with Gasteiger partial charge in [0.1, 0.15) is 17.2 Å². The molecular weight excluding hydrogens is 393 g/mol. The van der Waals surface area contributed by atoms with Crippen molar-refractivity contribution in [2.45, 2.75) is 57.2 Å². The summed E-state index contributed by atoms with van der Waals surface area (Å²) in [6.07, 6.45) is 0.406. The predicted octanol–water partition coefficient (Wildman–Crippen LogP) is 3.31. The SMILES string of the molecule is CC(C)(C)OC(=O)N[C@@H](Cc1cc(Cl)c(O)c(Cl)c1)C(=O)NC1(C#N)CC1. The lowest BCUT2D eigenvalue weighted by atomic mass is 10.0. The number of aromatic hydroxyl groups is 1. The van der Waals surface area contributed by atoms with Gasteiger partial charge in [0.15, 0.2) is 5.75 Å². The third-order valence-corrected chi connectivity index (χ3v) is 4.43. The van der Waals surface area contributed by atoms with Crippen LogP contribution < -0.4 is 10.6 Å². The number of nitrogens with one attached hydrogen (secondary N) is 2. The summed E-state index contributed by atoms with van der Waals surface area (Å²) in [5, 5.41) is 24.1. The Morgan fingerprint density at radius 3 is 2.33 bits per heavy atom. The van der Waals surface area contributed by atoms with Gasteiger partial charge in [-0.05, 0) is 51.3 Å². The molecule has 0 heterocycles. The first-order valence-electron chi connectivity index (χ1n) is 8.34. The highest BCUT2D eigenvalue weighted by Gasteiger charge is 2.45. The van der Waals surface area contributed by atoms with Crippen molar-refractivity contribution >= 4 is 35.2 Å². The van der Waals surface area contributed by atoms with Crippen molar-refractivity contribution in [1.29, 1.82) is 5.26 Å². The molecule has 1 aromatic carbocycles. The molecule has 1 fully saturated rings. The third kappa shape index (κ3) is 5.91. The number of nitrogens with zero attached hydrogens (tertiary/aromatic N) is 1. The molecule has 1 aromatic rings. The van der Waals surface area contributed by atoms with Crippen molar-refractivity contribution in [3.05, 3.63) is 27.7 Å². The molecule has 1 aliphatic rings. The summed E-state index contributed by atoms with van der Waals surface area (Å²) in [6.45, 7) is 5.11. The number of amides is 2. The van der Waals surface area contributed by atoms with Crippen LogP contribution in [0.3, 0.4) is 0 Å². The van der Waals surface area contributed by atoms with Gasteiger partial charge in [-0.2, -0.15) is 5.26 Å². The van der Waals surface area contributed by atoms with Crippen molar-refractivity contribution in [2.75, 3.05) is 0 Å². The van der Waals surface area contributed by atoms with Gasteiger partial charge in [0.2, 0.25) is 5.91 Å². The van der Waals surface area contributed by atoms with Crippen LogP contribution in [0.4, 0.5) is 4.79 Å². The van der Waals surface area contributed by atoms with E-state index >= 15 is 0 Å². The summed E-state index contributed by atoms with van der Waals surface area (Å²) in [4.78, 5) is 24.8. The highest BCUT2D eigenvalue weighted by Crippen LogP contribution is 2.35. The summed E-state index contributed by atoms with van der Waals surface area (Å²) >= 11 is 11.8. The van der Waals surface area contributed by atoms with E-state index in [1.165, 1.54) is 12.1 Å². The van der Waals surface area contributed by atoms with Crippen molar-refractivity contribution in [3.63, 3.8) is 0 Å². The molecule has 1 atom stereocenters. The quantitative estimate of drug-likeness (QED) is 0.685. The van der Waals surface area contributed by atoms with Gasteiger partial charge in [-0.1, -0.05) is 23.2 Å². The Kier molecular flexibility index (Phi) is 6.13. The van der Waals surface area contributed by atoms with Crippen molar-refractivity contribution in [3.8, 4) is 11.8 Å². The molecule has 27 heavy (non-hydrogen) atoms. The number of alkyl carbamates (subject to hydrolysis) is 1. The molecule has 0 bridgehead atoms. The van der Waals surface area contributed by atoms with Crippen LogP contribution in [0.5, 0.6) is 5.75 Å². The number of benzene rings is 1. The van der Waals surface area contributed by atoms with E-state index in [0.717, 1.165) is 0 Å². The Morgan fingerprint density at radius 2 is 1.89 bits per heavy atom. The van der Waals surface area contributed by atoms with Crippen LogP contribution in [-0.2, 0) is 16.0 Å². The van der Waals surface area contributed by atoms with Gasteiger partial charge in [0, 0.05) is 6.42 Å². The Hall–Kier alpha value is -2.17. The minimum absolute atomic E-state index is 0.0321. The molecule has 2 amide bonds. The minimum Gasteiger partial charge on any atom is -0.505 e. The van der Waals surface area contributed by atoms with Crippen LogP contribution >= 0.6 is 23.2 Å².